The number of aromatic nitrogens is 1. The molecule has 2 fully saturated rings. The standard InChI is InChI=1S/C22H25ClN4O4/c1-30-17-4-5-19(31-2)18(12-17)27-14-15(11-21(27)28)22(29)26-9-7-25(8-10-26)20-6-3-16(23)13-24-20/h3-6,12-13,15H,7-11,14H2,1-2H3. The van der Waals surface area contributed by atoms with E-state index in [1.54, 1.807) is 43.5 Å². The van der Waals surface area contributed by atoms with Gasteiger partial charge in [-0.25, -0.2) is 4.98 Å². The second kappa shape index (κ2) is 9.01. The summed E-state index contributed by atoms with van der Waals surface area (Å²) in [5.74, 6) is 1.61. The molecule has 2 aliphatic rings. The lowest BCUT2D eigenvalue weighted by Crippen LogP contribution is -2.51. The van der Waals surface area contributed by atoms with Gasteiger partial charge < -0.3 is 24.2 Å². The van der Waals surface area contributed by atoms with Crippen LogP contribution in [0.25, 0.3) is 0 Å². The highest BCUT2D eigenvalue weighted by Crippen LogP contribution is 2.36. The first kappa shape index (κ1) is 21.2. The minimum atomic E-state index is -0.372. The summed E-state index contributed by atoms with van der Waals surface area (Å²) in [5.41, 5.74) is 0.626. The van der Waals surface area contributed by atoms with Gasteiger partial charge >= 0.3 is 0 Å². The fourth-order valence-electron chi connectivity index (χ4n) is 4.08. The van der Waals surface area contributed by atoms with Crippen LogP contribution in [-0.2, 0) is 9.59 Å². The molecule has 0 bridgehead atoms. The molecule has 2 saturated heterocycles. The lowest BCUT2D eigenvalue weighted by molar-refractivity contribution is -0.136. The summed E-state index contributed by atoms with van der Waals surface area (Å²) >= 11 is 5.91. The quantitative estimate of drug-likeness (QED) is 0.705. The predicted octanol–water partition coefficient (Wildman–Crippen LogP) is 2.45. The second-order valence-corrected chi connectivity index (χ2v) is 8.03. The Hall–Kier alpha value is -3.00. The first-order valence-electron chi connectivity index (χ1n) is 10.2. The largest absolute Gasteiger partial charge is 0.497 e. The van der Waals surface area contributed by atoms with Gasteiger partial charge in [0, 0.05) is 51.4 Å². The lowest BCUT2D eigenvalue weighted by atomic mass is 10.1. The molecule has 8 nitrogen and oxygen atoms in total. The van der Waals surface area contributed by atoms with Crippen molar-refractivity contribution in [3.8, 4) is 11.5 Å². The number of hydrogen-bond donors (Lipinski definition) is 0. The summed E-state index contributed by atoms with van der Waals surface area (Å²) in [6, 6.07) is 9.00. The molecular formula is C22H25ClN4O4. The van der Waals surface area contributed by atoms with Crippen molar-refractivity contribution < 1.29 is 19.1 Å². The molecule has 2 aromatic rings. The predicted molar refractivity (Wildman–Crippen MR) is 118 cm³/mol. The topological polar surface area (TPSA) is 75.2 Å². The maximum absolute atomic E-state index is 13.1. The van der Waals surface area contributed by atoms with E-state index in [4.69, 9.17) is 21.1 Å². The summed E-state index contributed by atoms with van der Waals surface area (Å²) < 4.78 is 10.7. The zero-order valence-electron chi connectivity index (χ0n) is 17.6. The Morgan fingerprint density at radius 2 is 1.87 bits per heavy atom. The molecule has 0 spiro atoms. The van der Waals surface area contributed by atoms with Crippen LogP contribution in [0.2, 0.25) is 5.02 Å². The Morgan fingerprint density at radius 3 is 2.52 bits per heavy atom. The molecule has 0 N–H and O–H groups in total. The monoisotopic (exact) mass is 444 g/mol. The molecule has 1 aromatic heterocycles. The van der Waals surface area contributed by atoms with Crippen LogP contribution in [-0.4, -0.2) is 68.6 Å². The molecule has 1 unspecified atom stereocenters. The Balaban J connectivity index is 1.41. The van der Waals surface area contributed by atoms with Crippen molar-refractivity contribution in [2.45, 2.75) is 6.42 Å². The highest BCUT2D eigenvalue weighted by atomic mass is 35.5. The number of rotatable bonds is 5. The van der Waals surface area contributed by atoms with Gasteiger partial charge in [0.25, 0.3) is 0 Å². The molecule has 0 saturated carbocycles. The molecule has 2 aliphatic heterocycles. The van der Waals surface area contributed by atoms with Crippen LogP contribution in [0.4, 0.5) is 11.5 Å². The number of pyridine rings is 1. The number of hydrogen-bond acceptors (Lipinski definition) is 6. The second-order valence-electron chi connectivity index (χ2n) is 7.59. The lowest BCUT2D eigenvalue weighted by Gasteiger charge is -2.36. The maximum Gasteiger partial charge on any atom is 0.228 e. The van der Waals surface area contributed by atoms with Crippen molar-refractivity contribution in [2.75, 3.05) is 56.7 Å². The third-order valence-corrected chi connectivity index (χ3v) is 6.00. The normalized spacial score (nSPS) is 19.0. The molecule has 3 heterocycles. The number of ether oxygens (including phenoxy) is 2. The number of halogens is 1. The summed E-state index contributed by atoms with van der Waals surface area (Å²) in [6.07, 6.45) is 1.82. The van der Waals surface area contributed by atoms with Gasteiger partial charge in [0.2, 0.25) is 11.8 Å². The van der Waals surface area contributed by atoms with Crippen LogP contribution in [0.3, 0.4) is 0 Å². The zero-order chi connectivity index (χ0) is 22.0. The van der Waals surface area contributed by atoms with E-state index in [0.29, 0.717) is 54.9 Å². The smallest absolute Gasteiger partial charge is 0.228 e. The van der Waals surface area contributed by atoms with Gasteiger partial charge in [-0.15, -0.1) is 0 Å². The first-order valence-corrected chi connectivity index (χ1v) is 10.6. The van der Waals surface area contributed by atoms with E-state index in [2.05, 4.69) is 9.88 Å². The number of carbonyl (C=O) groups excluding carboxylic acids is 2. The first-order chi connectivity index (χ1) is 15.0. The number of amides is 2. The van der Waals surface area contributed by atoms with Crippen molar-refractivity contribution in [3.63, 3.8) is 0 Å². The Kier molecular flexibility index (Phi) is 6.18. The summed E-state index contributed by atoms with van der Waals surface area (Å²) in [4.78, 5) is 35.8. The van der Waals surface area contributed by atoms with E-state index in [1.165, 1.54) is 0 Å². The number of methoxy groups -OCH3 is 2. The highest BCUT2D eigenvalue weighted by molar-refractivity contribution is 6.30. The van der Waals surface area contributed by atoms with E-state index in [9.17, 15) is 9.59 Å². The van der Waals surface area contributed by atoms with Crippen LogP contribution < -0.4 is 19.3 Å². The van der Waals surface area contributed by atoms with Gasteiger partial charge in [-0.3, -0.25) is 9.59 Å². The Bertz CT molecular complexity index is 960. The van der Waals surface area contributed by atoms with Gasteiger partial charge in [0.05, 0.1) is 30.8 Å². The van der Waals surface area contributed by atoms with Gasteiger partial charge in [-0.05, 0) is 24.3 Å². The zero-order valence-corrected chi connectivity index (χ0v) is 18.3. The number of benzene rings is 1. The van der Waals surface area contributed by atoms with Crippen LogP contribution in [0.15, 0.2) is 36.5 Å². The average molecular weight is 445 g/mol. The molecule has 4 rings (SSSR count). The van der Waals surface area contributed by atoms with Gasteiger partial charge in [0.15, 0.2) is 0 Å². The number of anilines is 2. The fraction of sp³-hybridized carbons (Fsp3) is 0.409. The van der Waals surface area contributed by atoms with Gasteiger partial charge in [-0.1, -0.05) is 11.6 Å². The molecule has 0 radical (unpaired) electrons. The molecule has 31 heavy (non-hydrogen) atoms. The maximum atomic E-state index is 13.1. The average Bonchev–Trinajstić information content (AvgIpc) is 3.20. The summed E-state index contributed by atoms with van der Waals surface area (Å²) in [6.45, 7) is 2.90. The molecule has 9 heteroatoms. The van der Waals surface area contributed by atoms with Crippen molar-refractivity contribution in [2.24, 2.45) is 5.92 Å². The molecule has 2 amide bonds. The number of carbonyl (C=O) groups is 2. The van der Waals surface area contributed by atoms with Crippen molar-refractivity contribution in [1.82, 2.24) is 9.88 Å². The van der Waals surface area contributed by atoms with Crippen molar-refractivity contribution in [1.29, 1.82) is 0 Å². The van der Waals surface area contributed by atoms with Crippen molar-refractivity contribution in [3.05, 3.63) is 41.6 Å². The van der Waals surface area contributed by atoms with E-state index in [-0.39, 0.29) is 24.2 Å². The third kappa shape index (κ3) is 4.39. The highest BCUT2D eigenvalue weighted by Gasteiger charge is 2.39. The molecule has 164 valence electrons. The Labute approximate surface area is 186 Å². The van der Waals surface area contributed by atoms with Crippen LogP contribution >= 0.6 is 11.6 Å². The van der Waals surface area contributed by atoms with Gasteiger partial charge in [-0.2, -0.15) is 0 Å². The van der Waals surface area contributed by atoms with Crippen LogP contribution in [0.5, 0.6) is 11.5 Å². The molecule has 0 aliphatic carbocycles. The van der Waals surface area contributed by atoms with E-state index in [0.717, 1.165) is 5.82 Å². The van der Waals surface area contributed by atoms with Crippen LogP contribution in [0, 0.1) is 5.92 Å². The minimum Gasteiger partial charge on any atom is -0.497 e. The summed E-state index contributed by atoms with van der Waals surface area (Å²) in [5, 5.41) is 0.598. The fourth-order valence-corrected chi connectivity index (χ4v) is 4.19. The van der Waals surface area contributed by atoms with Crippen LogP contribution in [0.1, 0.15) is 6.42 Å². The molecular weight excluding hydrogens is 420 g/mol. The SMILES string of the molecule is COc1ccc(OC)c(N2CC(C(=O)N3CCN(c4ccc(Cl)cn4)CC3)CC2=O)c1. The minimum absolute atomic E-state index is 0.0152. The molecule has 1 aromatic carbocycles. The molecule has 1 atom stereocenters. The number of nitrogens with zero attached hydrogens (tertiary/aromatic N) is 4. The number of piperazine rings is 1. The van der Waals surface area contributed by atoms with Crippen molar-refractivity contribution >= 4 is 34.9 Å². The summed E-state index contributed by atoms with van der Waals surface area (Å²) in [7, 11) is 3.13. The third-order valence-electron chi connectivity index (χ3n) is 5.78. The van der Waals surface area contributed by atoms with Gasteiger partial charge in [0.1, 0.15) is 17.3 Å². The van der Waals surface area contributed by atoms with E-state index < -0.39 is 0 Å². The van der Waals surface area contributed by atoms with E-state index >= 15 is 0 Å². The van der Waals surface area contributed by atoms with E-state index in [1.807, 2.05) is 17.0 Å². The Morgan fingerprint density at radius 1 is 1.10 bits per heavy atom.